The molecule has 1 heterocycles. The lowest BCUT2D eigenvalue weighted by atomic mass is 10.4. The molecular weight excluding hydrogens is 220 g/mol. The average molecular weight is 240 g/mol. The van der Waals surface area contributed by atoms with Gasteiger partial charge >= 0.3 is 5.97 Å². The SMILES string of the molecule is CCOC(=O)c1cc(N)n(CCCN(C)C)n1. The van der Waals surface area contributed by atoms with Gasteiger partial charge in [0.2, 0.25) is 0 Å². The lowest BCUT2D eigenvalue weighted by molar-refractivity contribution is 0.0518. The van der Waals surface area contributed by atoms with Crippen LogP contribution in [-0.4, -0.2) is 47.9 Å². The number of carbonyl (C=O) groups excluding carboxylic acids is 1. The van der Waals surface area contributed by atoms with Crippen molar-refractivity contribution in [1.82, 2.24) is 14.7 Å². The molecule has 96 valence electrons. The molecule has 0 amide bonds. The summed E-state index contributed by atoms with van der Waals surface area (Å²) in [5.41, 5.74) is 6.04. The number of hydrogen-bond acceptors (Lipinski definition) is 5. The number of anilines is 1. The summed E-state index contributed by atoms with van der Waals surface area (Å²) in [6, 6.07) is 1.55. The average Bonchev–Trinajstić information content (AvgIpc) is 2.60. The second kappa shape index (κ2) is 6.24. The van der Waals surface area contributed by atoms with Gasteiger partial charge in [0, 0.05) is 12.6 Å². The molecule has 1 aromatic rings. The van der Waals surface area contributed by atoms with E-state index in [1.165, 1.54) is 0 Å². The van der Waals surface area contributed by atoms with Crippen molar-refractivity contribution >= 4 is 11.8 Å². The molecule has 6 heteroatoms. The molecule has 0 aliphatic rings. The Balaban J connectivity index is 2.59. The summed E-state index contributed by atoms with van der Waals surface area (Å²) in [7, 11) is 4.02. The summed E-state index contributed by atoms with van der Waals surface area (Å²) in [5.74, 6) is 0.0670. The highest BCUT2D eigenvalue weighted by molar-refractivity contribution is 5.88. The van der Waals surface area contributed by atoms with E-state index < -0.39 is 5.97 Å². The highest BCUT2D eigenvalue weighted by Crippen LogP contribution is 2.08. The maximum Gasteiger partial charge on any atom is 0.358 e. The van der Waals surface area contributed by atoms with E-state index in [0.29, 0.717) is 19.0 Å². The van der Waals surface area contributed by atoms with Crippen molar-refractivity contribution in [3.8, 4) is 0 Å². The van der Waals surface area contributed by atoms with Gasteiger partial charge in [0.15, 0.2) is 5.69 Å². The van der Waals surface area contributed by atoms with Gasteiger partial charge in [-0.2, -0.15) is 5.10 Å². The second-order valence-electron chi connectivity index (χ2n) is 4.05. The molecule has 2 N–H and O–H groups in total. The first kappa shape index (κ1) is 13.5. The van der Waals surface area contributed by atoms with E-state index >= 15 is 0 Å². The van der Waals surface area contributed by atoms with Gasteiger partial charge in [-0.25, -0.2) is 9.48 Å². The zero-order valence-corrected chi connectivity index (χ0v) is 10.6. The lowest BCUT2D eigenvalue weighted by Gasteiger charge is -2.09. The quantitative estimate of drug-likeness (QED) is 0.737. The van der Waals surface area contributed by atoms with Crippen LogP contribution in [0.4, 0.5) is 5.82 Å². The number of nitrogens with zero attached hydrogens (tertiary/aromatic N) is 3. The number of ether oxygens (including phenoxy) is 1. The van der Waals surface area contributed by atoms with Gasteiger partial charge in [-0.15, -0.1) is 0 Å². The van der Waals surface area contributed by atoms with Crippen LogP contribution in [-0.2, 0) is 11.3 Å². The van der Waals surface area contributed by atoms with Crippen LogP contribution in [0.3, 0.4) is 0 Å². The number of nitrogens with two attached hydrogens (primary N) is 1. The van der Waals surface area contributed by atoms with Crippen LogP contribution < -0.4 is 5.73 Å². The first-order valence-electron chi connectivity index (χ1n) is 5.69. The van der Waals surface area contributed by atoms with Gasteiger partial charge in [0.05, 0.1) is 6.61 Å². The summed E-state index contributed by atoms with van der Waals surface area (Å²) in [5, 5.41) is 4.12. The van der Waals surface area contributed by atoms with Crippen molar-refractivity contribution in [3.63, 3.8) is 0 Å². The predicted molar refractivity (Wildman–Crippen MR) is 65.8 cm³/mol. The van der Waals surface area contributed by atoms with Crippen molar-refractivity contribution in [2.24, 2.45) is 0 Å². The first-order valence-corrected chi connectivity index (χ1v) is 5.69. The molecule has 0 saturated carbocycles. The molecule has 17 heavy (non-hydrogen) atoms. The number of nitrogen functional groups attached to an aromatic ring is 1. The summed E-state index contributed by atoms with van der Waals surface area (Å²) in [6.07, 6.45) is 0.932. The molecule has 0 unspecified atom stereocenters. The van der Waals surface area contributed by atoms with E-state index in [4.69, 9.17) is 10.5 Å². The minimum Gasteiger partial charge on any atom is -0.461 e. The van der Waals surface area contributed by atoms with E-state index in [1.807, 2.05) is 14.1 Å². The number of esters is 1. The Morgan fingerprint density at radius 3 is 2.88 bits per heavy atom. The van der Waals surface area contributed by atoms with Gasteiger partial charge in [-0.3, -0.25) is 0 Å². The molecule has 0 fully saturated rings. The molecule has 0 aliphatic carbocycles. The summed E-state index contributed by atoms with van der Waals surface area (Å²) < 4.78 is 6.50. The number of aryl methyl sites for hydroxylation is 1. The molecule has 1 aromatic heterocycles. The second-order valence-corrected chi connectivity index (χ2v) is 4.05. The maximum atomic E-state index is 11.4. The first-order chi connectivity index (χ1) is 8.04. The molecule has 0 radical (unpaired) electrons. The van der Waals surface area contributed by atoms with Crippen LogP contribution in [0.25, 0.3) is 0 Å². The molecule has 0 aliphatic heterocycles. The Morgan fingerprint density at radius 1 is 1.59 bits per heavy atom. The standard InChI is InChI=1S/C11H20N4O2/c1-4-17-11(16)9-8-10(12)15(13-9)7-5-6-14(2)3/h8H,4-7,12H2,1-3H3. The molecule has 1 rings (SSSR count). The largest absolute Gasteiger partial charge is 0.461 e. The Hall–Kier alpha value is -1.56. The van der Waals surface area contributed by atoms with E-state index in [1.54, 1.807) is 17.7 Å². The number of aromatic nitrogens is 2. The number of hydrogen-bond donors (Lipinski definition) is 1. The molecule has 0 spiro atoms. The summed E-state index contributed by atoms with van der Waals surface area (Å²) in [4.78, 5) is 13.5. The van der Waals surface area contributed by atoms with Crippen molar-refractivity contribution in [2.75, 3.05) is 33.0 Å². The Kier molecular flexibility index (Phi) is 4.96. The fourth-order valence-corrected chi connectivity index (χ4v) is 1.45. The highest BCUT2D eigenvalue weighted by atomic mass is 16.5. The minimum atomic E-state index is -0.425. The van der Waals surface area contributed by atoms with Crippen molar-refractivity contribution < 1.29 is 9.53 Å². The van der Waals surface area contributed by atoms with E-state index in [-0.39, 0.29) is 5.69 Å². The molecule has 6 nitrogen and oxygen atoms in total. The maximum absolute atomic E-state index is 11.4. The normalized spacial score (nSPS) is 10.8. The van der Waals surface area contributed by atoms with Crippen LogP contribution in [0.1, 0.15) is 23.8 Å². The van der Waals surface area contributed by atoms with E-state index in [9.17, 15) is 4.79 Å². The third kappa shape index (κ3) is 4.07. The fourth-order valence-electron chi connectivity index (χ4n) is 1.45. The molecule has 0 saturated heterocycles. The third-order valence-electron chi connectivity index (χ3n) is 2.27. The summed E-state index contributed by atoms with van der Waals surface area (Å²) in [6.45, 7) is 3.75. The number of rotatable bonds is 6. The van der Waals surface area contributed by atoms with Gasteiger partial charge in [-0.05, 0) is 34.0 Å². The highest BCUT2D eigenvalue weighted by Gasteiger charge is 2.13. The zero-order chi connectivity index (χ0) is 12.8. The lowest BCUT2D eigenvalue weighted by Crippen LogP contribution is -2.16. The number of carbonyl (C=O) groups is 1. The minimum absolute atomic E-state index is 0.272. The van der Waals surface area contributed by atoms with Gasteiger partial charge in [0.1, 0.15) is 5.82 Å². The molecule has 0 bridgehead atoms. The van der Waals surface area contributed by atoms with Gasteiger partial charge < -0.3 is 15.4 Å². The van der Waals surface area contributed by atoms with E-state index in [2.05, 4.69) is 10.00 Å². The molecule has 0 aromatic carbocycles. The van der Waals surface area contributed by atoms with Crippen molar-refractivity contribution in [3.05, 3.63) is 11.8 Å². The van der Waals surface area contributed by atoms with Crippen LogP contribution in [0.5, 0.6) is 0 Å². The Labute approximate surface area is 101 Å². The Morgan fingerprint density at radius 2 is 2.29 bits per heavy atom. The van der Waals surface area contributed by atoms with Crippen molar-refractivity contribution in [1.29, 1.82) is 0 Å². The van der Waals surface area contributed by atoms with Gasteiger partial charge in [0.25, 0.3) is 0 Å². The van der Waals surface area contributed by atoms with Crippen LogP contribution in [0.15, 0.2) is 6.07 Å². The molecular formula is C11H20N4O2. The topological polar surface area (TPSA) is 73.4 Å². The van der Waals surface area contributed by atoms with Gasteiger partial charge in [-0.1, -0.05) is 0 Å². The zero-order valence-electron chi connectivity index (χ0n) is 10.6. The predicted octanol–water partition coefficient (Wildman–Crippen LogP) is 0.594. The van der Waals surface area contributed by atoms with E-state index in [0.717, 1.165) is 13.0 Å². The van der Waals surface area contributed by atoms with Crippen molar-refractivity contribution in [2.45, 2.75) is 19.9 Å². The van der Waals surface area contributed by atoms with Crippen LogP contribution in [0.2, 0.25) is 0 Å². The third-order valence-corrected chi connectivity index (χ3v) is 2.27. The summed E-state index contributed by atoms with van der Waals surface area (Å²) >= 11 is 0. The fraction of sp³-hybridized carbons (Fsp3) is 0.636. The van der Waals surface area contributed by atoms with Crippen LogP contribution in [0, 0.1) is 0 Å². The monoisotopic (exact) mass is 240 g/mol. The smallest absolute Gasteiger partial charge is 0.358 e. The molecule has 0 atom stereocenters. The van der Waals surface area contributed by atoms with Crippen LogP contribution >= 0.6 is 0 Å². The Bertz CT molecular complexity index is 374.